The van der Waals surface area contributed by atoms with Crippen LogP contribution in [-0.2, 0) is 0 Å². The van der Waals surface area contributed by atoms with E-state index in [-0.39, 0.29) is 6.61 Å². The lowest BCUT2D eigenvalue weighted by atomic mass is 10.1. The van der Waals surface area contributed by atoms with E-state index in [0.717, 1.165) is 5.56 Å². The van der Waals surface area contributed by atoms with Crippen molar-refractivity contribution >= 4 is 11.6 Å². The number of aliphatic hydroxyl groups is 1. The molecule has 0 unspecified atom stereocenters. The van der Waals surface area contributed by atoms with Gasteiger partial charge < -0.3 is 9.84 Å². The number of hydrogen-bond donors (Lipinski definition) is 1. The molecule has 0 aliphatic carbocycles. The van der Waals surface area contributed by atoms with Crippen molar-refractivity contribution in [3.05, 3.63) is 28.8 Å². The summed E-state index contributed by atoms with van der Waals surface area (Å²) < 4.78 is 5.17. The number of aliphatic hydroxyl groups excluding tert-OH is 1. The molecule has 1 rings (SSSR count). The van der Waals surface area contributed by atoms with Gasteiger partial charge in [0, 0.05) is 0 Å². The molecular formula is C11H11ClO2. The summed E-state index contributed by atoms with van der Waals surface area (Å²) in [5.74, 6) is 2.89. The highest BCUT2D eigenvalue weighted by Gasteiger charge is 2.05. The zero-order valence-corrected chi connectivity index (χ0v) is 8.58. The third-order valence-electron chi connectivity index (χ3n) is 1.75. The molecule has 2 nitrogen and oxygen atoms in total. The Kier molecular flexibility index (Phi) is 3.82. The predicted molar refractivity (Wildman–Crippen MR) is 56.4 cm³/mol. The van der Waals surface area contributed by atoms with Crippen molar-refractivity contribution in [2.24, 2.45) is 0 Å². The Balaban J connectivity index is 2.85. The summed E-state index contributed by atoms with van der Waals surface area (Å²) in [6.07, 6.45) is 4.51. The Bertz CT molecular complexity index is 353. The lowest BCUT2D eigenvalue weighted by molar-refractivity contribution is 0.199. The first-order valence-corrected chi connectivity index (χ1v) is 4.56. The molecule has 14 heavy (non-hydrogen) atoms. The van der Waals surface area contributed by atoms with Gasteiger partial charge in [0.25, 0.3) is 0 Å². The van der Waals surface area contributed by atoms with Crippen LogP contribution in [0.2, 0.25) is 5.02 Å². The van der Waals surface area contributed by atoms with Crippen molar-refractivity contribution in [1.82, 2.24) is 0 Å². The highest BCUT2D eigenvalue weighted by Crippen LogP contribution is 2.27. The lowest BCUT2D eigenvalue weighted by Crippen LogP contribution is -1.96. The zero-order chi connectivity index (χ0) is 10.6. The Labute approximate surface area is 88.5 Å². The zero-order valence-electron chi connectivity index (χ0n) is 7.83. The Morgan fingerprint density at radius 2 is 2.36 bits per heavy atom. The molecule has 0 aliphatic heterocycles. The molecule has 0 bridgehead atoms. The van der Waals surface area contributed by atoms with E-state index in [1.807, 2.05) is 0 Å². The van der Waals surface area contributed by atoms with Gasteiger partial charge in [0.1, 0.15) is 12.4 Å². The van der Waals surface area contributed by atoms with Crippen LogP contribution in [0.3, 0.4) is 0 Å². The summed E-state index contributed by atoms with van der Waals surface area (Å²) in [5.41, 5.74) is 0.753. The summed E-state index contributed by atoms with van der Waals surface area (Å²) in [6, 6.07) is 5.11. The molecule has 0 aliphatic rings. The molecule has 1 aromatic carbocycles. The van der Waals surface area contributed by atoms with E-state index < -0.39 is 6.10 Å². The molecule has 74 valence electrons. The first-order valence-electron chi connectivity index (χ1n) is 4.19. The molecule has 1 atom stereocenters. The van der Waals surface area contributed by atoms with Crippen LogP contribution in [0.15, 0.2) is 18.2 Å². The topological polar surface area (TPSA) is 29.5 Å². The SMILES string of the molecule is C#CCOc1ccc([C@@H](C)O)cc1Cl. The van der Waals surface area contributed by atoms with E-state index in [9.17, 15) is 5.11 Å². The number of terminal acetylenes is 1. The van der Waals surface area contributed by atoms with E-state index in [4.69, 9.17) is 22.8 Å². The summed E-state index contributed by atoms with van der Waals surface area (Å²) in [6.45, 7) is 1.86. The number of rotatable bonds is 3. The van der Waals surface area contributed by atoms with Crippen molar-refractivity contribution < 1.29 is 9.84 Å². The van der Waals surface area contributed by atoms with Crippen LogP contribution in [0.5, 0.6) is 5.75 Å². The molecule has 0 amide bonds. The number of ether oxygens (including phenoxy) is 1. The van der Waals surface area contributed by atoms with Crippen LogP contribution in [0.4, 0.5) is 0 Å². The Morgan fingerprint density at radius 1 is 1.64 bits per heavy atom. The second-order valence-corrected chi connectivity index (χ2v) is 3.27. The second-order valence-electron chi connectivity index (χ2n) is 2.86. The summed E-state index contributed by atoms with van der Waals surface area (Å²) >= 11 is 5.90. The fraction of sp³-hybridized carbons (Fsp3) is 0.273. The smallest absolute Gasteiger partial charge is 0.148 e. The number of benzene rings is 1. The average molecular weight is 211 g/mol. The monoisotopic (exact) mass is 210 g/mol. The van der Waals surface area contributed by atoms with Crippen molar-refractivity contribution in [2.45, 2.75) is 13.0 Å². The minimum atomic E-state index is -0.533. The second kappa shape index (κ2) is 4.90. The molecule has 1 aromatic rings. The minimum absolute atomic E-state index is 0.188. The van der Waals surface area contributed by atoms with Gasteiger partial charge in [-0.25, -0.2) is 0 Å². The van der Waals surface area contributed by atoms with Gasteiger partial charge in [0.2, 0.25) is 0 Å². The van der Waals surface area contributed by atoms with E-state index in [1.165, 1.54) is 0 Å². The third-order valence-corrected chi connectivity index (χ3v) is 2.04. The normalized spacial score (nSPS) is 11.9. The summed E-state index contributed by atoms with van der Waals surface area (Å²) in [4.78, 5) is 0. The average Bonchev–Trinajstić information content (AvgIpc) is 2.15. The molecule has 0 heterocycles. The Hall–Kier alpha value is -1.17. The van der Waals surface area contributed by atoms with E-state index in [2.05, 4.69) is 5.92 Å². The number of halogens is 1. The quantitative estimate of drug-likeness (QED) is 0.777. The van der Waals surface area contributed by atoms with Gasteiger partial charge in [-0.3, -0.25) is 0 Å². The maximum atomic E-state index is 9.28. The van der Waals surface area contributed by atoms with Gasteiger partial charge in [-0.2, -0.15) is 0 Å². The van der Waals surface area contributed by atoms with Crippen LogP contribution in [0.1, 0.15) is 18.6 Å². The van der Waals surface area contributed by atoms with Gasteiger partial charge in [-0.05, 0) is 24.6 Å². The summed E-state index contributed by atoms with van der Waals surface area (Å²) in [7, 11) is 0. The van der Waals surface area contributed by atoms with Gasteiger partial charge in [-0.1, -0.05) is 23.6 Å². The van der Waals surface area contributed by atoms with Crippen molar-refractivity contribution in [2.75, 3.05) is 6.61 Å². The predicted octanol–water partition coefficient (Wildman–Crippen LogP) is 2.41. The maximum absolute atomic E-state index is 9.28. The lowest BCUT2D eigenvalue weighted by Gasteiger charge is -2.08. The molecule has 0 saturated carbocycles. The van der Waals surface area contributed by atoms with Crippen LogP contribution in [0.25, 0.3) is 0 Å². The van der Waals surface area contributed by atoms with Crippen LogP contribution >= 0.6 is 11.6 Å². The first-order chi connectivity index (χ1) is 6.65. The van der Waals surface area contributed by atoms with Crippen molar-refractivity contribution in [3.8, 4) is 18.1 Å². The largest absolute Gasteiger partial charge is 0.479 e. The summed E-state index contributed by atoms with van der Waals surface area (Å²) in [5, 5.41) is 9.74. The fourth-order valence-electron chi connectivity index (χ4n) is 1.01. The van der Waals surface area contributed by atoms with Crippen LogP contribution in [-0.4, -0.2) is 11.7 Å². The van der Waals surface area contributed by atoms with Crippen molar-refractivity contribution in [3.63, 3.8) is 0 Å². The van der Waals surface area contributed by atoms with E-state index in [0.29, 0.717) is 10.8 Å². The van der Waals surface area contributed by atoms with Gasteiger partial charge in [0.05, 0.1) is 11.1 Å². The van der Waals surface area contributed by atoms with E-state index >= 15 is 0 Å². The third kappa shape index (κ3) is 2.66. The van der Waals surface area contributed by atoms with Crippen LogP contribution in [0, 0.1) is 12.3 Å². The molecule has 0 saturated heterocycles. The van der Waals surface area contributed by atoms with Gasteiger partial charge in [0.15, 0.2) is 0 Å². The maximum Gasteiger partial charge on any atom is 0.148 e. The standard InChI is InChI=1S/C11H11ClO2/c1-3-6-14-11-5-4-9(8(2)13)7-10(11)12/h1,4-5,7-8,13H,6H2,2H3/t8-/m1/s1. The highest BCUT2D eigenvalue weighted by molar-refractivity contribution is 6.32. The molecular weight excluding hydrogens is 200 g/mol. The van der Waals surface area contributed by atoms with Gasteiger partial charge in [-0.15, -0.1) is 6.42 Å². The van der Waals surface area contributed by atoms with E-state index in [1.54, 1.807) is 25.1 Å². The highest BCUT2D eigenvalue weighted by atomic mass is 35.5. The Morgan fingerprint density at radius 3 is 2.86 bits per heavy atom. The molecule has 0 aromatic heterocycles. The molecule has 0 fully saturated rings. The number of hydrogen-bond acceptors (Lipinski definition) is 2. The van der Waals surface area contributed by atoms with Crippen molar-refractivity contribution in [1.29, 1.82) is 0 Å². The molecule has 3 heteroatoms. The molecule has 1 N–H and O–H groups in total. The molecule has 0 spiro atoms. The van der Waals surface area contributed by atoms with Crippen LogP contribution < -0.4 is 4.74 Å². The fourth-order valence-corrected chi connectivity index (χ4v) is 1.26. The molecule has 0 radical (unpaired) electrons. The van der Waals surface area contributed by atoms with Gasteiger partial charge >= 0.3 is 0 Å². The first kappa shape index (κ1) is 10.9. The minimum Gasteiger partial charge on any atom is -0.479 e.